The van der Waals surface area contributed by atoms with Crippen molar-refractivity contribution in [1.82, 2.24) is 9.80 Å². The first-order valence-electron chi connectivity index (χ1n) is 5.09. The molecule has 1 aliphatic heterocycles. The Morgan fingerprint density at radius 1 is 0.867 bits per heavy atom. The van der Waals surface area contributed by atoms with E-state index in [0.29, 0.717) is 13.1 Å². The van der Waals surface area contributed by atoms with Gasteiger partial charge in [0.25, 0.3) is 0 Å². The van der Waals surface area contributed by atoms with E-state index in [4.69, 9.17) is 11.5 Å². The quantitative estimate of drug-likeness (QED) is 0.564. The number of amides is 2. The van der Waals surface area contributed by atoms with E-state index in [2.05, 4.69) is 0 Å². The van der Waals surface area contributed by atoms with Crippen LogP contribution in [0.15, 0.2) is 0 Å². The molecule has 15 heavy (non-hydrogen) atoms. The molecule has 1 saturated heterocycles. The van der Waals surface area contributed by atoms with Crippen LogP contribution in [0.4, 0.5) is 0 Å². The minimum Gasteiger partial charge on any atom is -0.369 e. The minimum atomic E-state index is -0.307. The third-order valence-electron chi connectivity index (χ3n) is 2.44. The highest BCUT2D eigenvalue weighted by Gasteiger charge is 2.16. The van der Waals surface area contributed by atoms with Gasteiger partial charge >= 0.3 is 0 Å². The smallest absolute Gasteiger partial charge is 0.231 e. The van der Waals surface area contributed by atoms with Crippen molar-refractivity contribution in [3.8, 4) is 0 Å². The van der Waals surface area contributed by atoms with Crippen LogP contribution in [-0.4, -0.2) is 60.9 Å². The largest absolute Gasteiger partial charge is 0.369 e. The molecular formula is C9H18N4O2. The van der Waals surface area contributed by atoms with E-state index < -0.39 is 0 Å². The van der Waals surface area contributed by atoms with Crippen LogP contribution in [0.3, 0.4) is 0 Å². The number of carbonyl (C=O) groups excluding carboxylic acids is 2. The maximum atomic E-state index is 10.7. The molecular weight excluding hydrogens is 196 g/mol. The Bertz CT molecular complexity index is 220. The summed E-state index contributed by atoms with van der Waals surface area (Å²) in [5, 5.41) is 0. The van der Waals surface area contributed by atoms with E-state index in [0.717, 1.165) is 32.6 Å². The summed E-state index contributed by atoms with van der Waals surface area (Å²) in [6.07, 6.45) is 0.931. The number of carbonyl (C=O) groups is 2. The number of nitrogens with zero attached hydrogens (tertiary/aromatic N) is 2. The number of nitrogens with two attached hydrogens (primary N) is 2. The van der Waals surface area contributed by atoms with Crippen molar-refractivity contribution in [2.45, 2.75) is 6.42 Å². The van der Waals surface area contributed by atoms with Gasteiger partial charge in [-0.25, -0.2) is 0 Å². The van der Waals surface area contributed by atoms with Crippen LogP contribution < -0.4 is 11.5 Å². The maximum Gasteiger partial charge on any atom is 0.231 e. The second kappa shape index (κ2) is 5.67. The molecule has 0 unspecified atom stereocenters. The second-order valence-corrected chi connectivity index (χ2v) is 3.84. The molecule has 1 heterocycles. The summed E-state index contributed by atoms with van der Waals surface area (Å²) in [7, 11) is 0. The molecule has 0 aliphatic carbocycles. The van der Waals surface area contributed by atoms with Gasteiger partial charge in [0, 0.05) is 13.1 Å². The van der Waals surface area contributed by atoms with Crippen LogP contribution in [0.2, 0.25) is 0 Å². The van der Waals surface area contributed by atoms with E-state index in [1.807, 2.05) is 9.80 Å². The molecule has 0 bridgehead atoms. The average Bonchev–Trinajstić information content (AvgIpc) is 2.29. The summed E-state index contributed by atoms with van der Waals surface area (Å²) in [6.45, 7) is 3.80. The summed E-state index contributed by atoms with van der Waals surface area (Å²) < 4.78 is 0. The lowest BCUT2D eigenvalue weighted by Crippen LogP contribution is -2.38. The van der Waals surface area contributed by atoms with Gasteiger partial charge in [0.2, 0.25) is 11.8 Å². The lowest BCUT2D eigenvalue weighted by atomic mass is 10.3. The van der Waals surface area contributed by atoms with Crippen molar-refractivity contribution in [3.05, 3.63) is 0 Å². The predicted molar refractivity (Wildman–Crippen MR) is 55.9 cm³/mol. The molecule has 0 saturated carbocycles. The fourth-order valence-corrected chi connectivity index (χ4v) is 1.78. The van der Waals surface area contributed by atoms with Gasteiger partial charge in [-0.15, -0.1) is 0 Å². The van der Waals surface area contributed by atoms with E-state index in [1.165, 1.54) is 0 Å². The van der Waals surface area contributed by atoms with E-state index >= 15 is 0 Å². The van der Waals surface area contributed by atoms with Crippen molar-refractivity contribution in [3.63, 3.8) is 0 Å². The number of hydrogen-bond donors (Lipinski definition) is 2. The van der Waals surface area contributed by atoms with E-state index in [-0.39, 0.29) is 11.8 Å². The summed E-state index contributed by atoms with van der Waals surface area (Å²) in [6, 6.07) is 0. The van der Waals surface area contributed by atoms with Crippen molar-refractivity contribution >= 4 is 11.8 Å². The fraction of sp³-hybridized carbons (Fsp3) is 0.778. The number of rotatable bonds is 4. The summed E-state index contributed by atoms with van der Waals surface area (Å²) in [5.74, 6) is -0.614. The Hall–Kier alpha value is -1.14. The molecule has 0 spiro atoms. The maximum absolute atomic E-state index is 10.7. The summed E-state index contributed by atoms with van der Waals surface area (Å²) in [5.41, 5.74) is 10.2. The molecule has 1 fully saturated rings. The first kappa shape index (κ1) is 11.9. The molecule has 0 aromatic heterocycles. The fourth-order valence-electron chi connectivity index (χ4n) is 1.78. The van der Waals surface area contributed by atoms with Gasteiger partial charge < -0.3 is 11.5 Å². The van der Waals surface area contributed by atoms with Gasteiger partial charge in [-0.05, 0) is 19.5 Å². The highest BCUT2D eigenvalue weighted by Crippen LogP contribution is 2.01. The SMILES string of the molecule is NC(=O)CN1CCCN(CC(N)=O)CC1. The monoisotopic (exact) mass is 214 g/mol. The normalized spacial score (nSPS) is 19.7. The zero-order valence-electron chi connectivity index (χ0n) is 8.82. The van der Waals surface area contributed by atoms with Crippen molar-refractivity contribution in [2.75, 3.05) is 39.3 Å². The van der Waals surface area contributed by atoms with Crippen LogP contribution in [-0.2, 0) is 9.59 Å². The third-order valence-corrected chi connectivity index (χ3v) is 2.44. The molecule has 0 radical (unpaired) electrons. The molecule has 4 N–H and O–H groups in total. The zero-order valence-corrected chi connectivity index (χ0v) is 8.82. The Balaban J connectivity index is 2.34. The van der Waals surface area contributed by atoms with Crippen molar-refractivity contribution < 1.29 is 9.59 Å². The Labute approximate surface area is 89.2 Å². The van der Waals surface area contributed by atoms with E-state index in [1.54, 1.807) is 0 Å². The van der Waals surface area contributed by atoms with Gasteiger partial charge in [0.1, 0.15) is 0 Å². The molecule has 2 amide bonds. The molecule has 86 valence electrons. The predicted octanol–water partition coefficient (Wildman–Crippen LogP) is -2.04. The van der Waals surface area contributed by atoms with Crippen LogP contribution in [0, 0.1) is 0 Å². The highest BCUT2D eigenvalue weighted by atomic mass is 16.1. The van der Waals surface area contributed by atoms with Gasteiger partial charge in [0.05, 0.1) is 13.1 Å². The minimum absolute atomic E-state index is 0.296. The third kappa shape index (κ3) is 4.75. The second-order valence-electron chi connectivity index (χ2n) is 3.84. The molecule has 6 heteroatoms. The highest BCUT2D eigenvalue weighted by molar-refractivity contribution is 5.76. The van der Waals surface area contributed by atoms with Gasteiger partial charge in [-0.3, -0.25) is 19.4 Å². The Morgan fingerprint density at radius 3 is 1.60 bits per heavy atom. The van der Waals surface area contributed by atoms with Gasteiger partial charge in [-0.1, -0.05) is 0 Å². The molecule has 0 aromatic carbocycles. The van der Waals surface area contributed by atoms with Crippen LogP contribution in [0.1, 0.15) is 6.42 Å². The standard InChI is InChI=1S/C9H18N4O2/c10-8(14)6-12-2-1-3-13(5-4-12)7-9(11)15/h1-7H2,(H2,10,14)(H2,11,15). The first-order chi connectivity index (χ1) is 7.08. The topological polar surface area (TPSA) is 92.7 Å². The molecule has 6 nitrogen and oxygen atoms in total. The van der Waals surface area contributed by atoms with Crippen LogP contribution in [0.25, 0.3) is 0 Å². The van der Waals surface area contributed by atoms with Crippen molar-refractivity contribution in [1.29, 1.82) is 0 Å². The average molecular weight is 214 g/mol. The van der Waals surface area contributed by atoms with Gasteiger partial charge in [0.15, 0.2) is 0 Å². The molecule has 0 aromatic rings. The van der Waals surface area contributed by atoms with Crippen LogP contribution >= 0.6 is 0 Å². The van der Waals surface area contributed by atoms with Crippen LogP contribution in [0.5, 0.6) is 0 Å². The van der Waals surface area contributed by atoms with E-state index in [9.17, 15) is 9.59 Å². The molecule has 0 atom stereocenters. The first-order valence-corrected chi connectivity index (χ1v) is 5.09. The lowest BCUT2D eigenvalue weighted by molar-refractivity contribution is -0.120. The number of hydrogen-bond acceptors (Lipinski definition) is 4. The molecule has 1 aliphatic rings. The summed E-state index contributed by atoms with van der Waals surface area (Å²) in [4.78, 5) is 25.5. The molecule has 1 rings (SSSR count). The van der Waals surface area contributed by atoms with Gasteiger partial charge in [-0.2, -0.15) is 0 Å². The Morgan fingerprint density at radius 2 is 1.27 bits per heavy atom. The Kier molecular flexibility index (Phi) is 4.51. The summed E-state index contributed by atoms with van der Waals surface area (Å²) >= 11 is 0. The lowest BCUT2D eigenvalue weighted by Gasteiger charge is -2.19. The van der Waals surface area contributed by atoms with Crippen molar-refractivity contribution in [2.24, 2.45) is 11.5 Å². The zero-order chi connectivity index (χ0) is 11.3. The number of primary amides is 2.